The number of rotatable bonds is 7. The van der Waals surface area contributed by atoms with Crippen LogP contribution in [0.15, 0.2) is 69.0 Å². The minimum atomic E-state index is -0.247. The Hall–Kier alpha value is -2.38. The first kappa shape index (κ1) is 25.7. The Morgan fingerprint density at radius 3 is 2.63 bits per heavy atom. The summed E-state index contributed by atoms with van der Waals surface area (Å²) >= 11 is 21.8. The molecule has 3 aromatic carbocycles. The van der Waals surface area contributed by atoms with Crippen LogP contribution in [0.4, 0.5) is 0 Å². The first-order chi connectivity index (χ1) is 16.8. The third kappa shape index (κ3) is 5.89. The molecular weight excluding hydrogens is 573 g/mol. The minimum Gasteiger partial charge on any atom is -0.488 e. The van der Waals surface area contributed by atoms with E-state index in [1.807, 2.05) is 32.0 Å². The van der Waals surface area contributed by atoms with E-state index in [1.165, 1.54) is 4.68 Å². The molecular formula is C26H21BrCl3N3O2. The van der Waals surface area contributed by atoms with Crippen LogP contribution in [-0.2, 0) is 6.61 Å². The predicted octanol–water partition coefficient (Wildman–Crippen LogP) is 8.09. The zero-order valence-electron chi connectivity index (χ0n) is 18.9. The van der Waals surface area contributed by atoms with E-state index >= 15 is 0 Å². The van der Waals surface area contributed by atoms with Gasteiger partial charge in [0, 0.05) is 21.0 Å². The third-order valence-corrected chi connectivity index (χ3v) is 7.02. The molecule has 1 aromatic heterocycles. The van der Waals surface area contributed by atoms with Crippen molar-refractivity contribution in [3.05, 3.63) is 101 Å². The molecule has 1 atom stereocenters. The molecule has 0 spiro atoms. The Morgan fingerprint density at radius 1 is 1.09 bits per heavy atom. The van der Waals surface area contributed by atoms with Crippen LogP contribution in [0, 0.1) is 0 Å². The fourth-order valence-corrected chi connectivity index (χ4v) is 4.30. The lowest BCUT2D eigenvalue weighted by Crippen LogP contribution is -2.23. The van der Waals surface area contributed by atoms with Crippen LogP contribution in [-0.4, -0.2) is 15.9 Å². The average molecular weight is 594 g/mol. The van der Waals surface area contributed by atoms with Gasteiger partial charge in [0.2, 0.25) is 0 Å². The molecule has 0 unspecified atom stereocenters. The zero-order chi connectivity index (χ0) is 25.1. The van der Waals surface area contributed by atoms with E-state index in [-0.39, 0.29) is 18.1 Å². The summed E-state index contributed by atoms with van der Waals surface area (Å²) in [6.07, 6.45) is 2.37. The number of benzene rings is 3. The summed E-state index contributed by atoms with van der Waals surface area (Å²) < 4.78 is 8.16. The standard InChI is InChI=1S/C26H21BrCl3N3O2/c1-3-15(2)25-32-23-8-5-18(27)12-20(23)26(34)33(25)31-13-17-11-19(28)6-9-24(17)35-14-16-4-7-21(29)22(30)10-16/h4-13,15H,3,14H2,1-2H3/t15-/m1/s1. The first-order valence-electron chi connectivity index (χ1n) is 10.9. The maximum absolute atomic E-state index is 13.4. The fourth-order valence-electron chi connectivity index (χ4n) is 3.44. The normalized spacial score (nSPS) is 12.4. The highest BCUT2D eigenvalue weighted by Crippen LogP contribution is 2.26. The molecule has 0 bridgehead atoms. The van der Waals surface area contributed by atoms with E-state index in [1.54, 1.807) is 42.6 Å². The van der Waals surface area contributed by atoms with Crippen molar-refractivity contribution in [1.29, 1.82) is 0 Å². The number of aromatic nitrogens is 2. The number of halogens is 4. The Morgan fingerprint density at radius 2 is 1.89 bits per heavy atom. The van der Waals surface area contributed by atoms with E-state index in [0.29, 0.717) is 43.1 Å². The smallest absolute Gasteiger partial charge is 0.282 e. The molecule has 4 rings (SSSR count). The minimum absolute atomic E-state index is 0.0256. The van der Waals surface area contributed by atoms with Gasteiger partial charge in [-0.3, -0.25) is 4.79 Å². The lowest BCUT2D eigenvalue weighted by atomic mass is 10.1. The third-order valence-electron chi connectivity index (χ3n) is 5.55. The molecule has 180 valence electrons. The molecule has 0 amide bonds. The zero-order valence-corrected chi connectivity index (χ0v) is 22.8. The molecule has 0 aliphatic rings. The van der Waals surface area contributed by atoms with Crippen LogP contribution in [0.5, 0.6) is 5.75 Å². The molecule has 0 saturated carbocycles. The van der Waals surface area contributed by atoms with Crippen molar-refractivity contribution in [1.82, 2.24) is 9.66 Å². The second-order valence-corrected chi connectivity index (χ2v) is 10.2. The van der Waals surface area contributed by atoms with Gasteiger partial charge in [-0.2, -0.15) is 9.78 Å². The van der Waals surface area contributed by atoms with Crippen molar-refractivity contribution in [2.24, 2.45) is 5.10 Å². The summed E-state index contributed by atoms with van der Waals surface area (Å²) in [4.78, 5) is 18.1. The summed E-state index contributed by atoms with van der Waals surface area (Å²) in [5.41, 5.74) is 1.86. The van der Waals surface area contributed by atoms with Crippen LogP contribution in [0.3, 0.4) is 0 Å². The molecule has 1 heterocycles. The second-order valence-electron chi connectivity index (χ2n) is 8.02. The van der Waals surface area contributed by atoms with Gasteiger partial charge < -0.3 is 4.74 Å². The van der Waals surface area contributed by atoms with Crippen molar-refractivity contribution in [3.63, 3.8) is 0 Å². The van der Waals surface area contributed by atoms with Crippen LogP contribution in [0.2, 0.25) is 15.1 Å². The summed E-state index contributed by atoms with van der Waals surface area (Å²) in [6.45, 7) is 4.33. The first-order valence-corrected chi connectivity index (χ1v) is 12.8. The number of nitrogens with zero attached hydrogens (tertiary/aromatic N) is 3. The van der Waals surface area contributed by atoms with Gasteiger partial charge in [-0.05, 0) is 60.5 Å². The average Bonchev–Trinajstić information content (AvgIpc) is 2.84. The van der Waals surface area contributed by atoms with Gasteiger partial charge in [0.25, 0.3) is 5.56 Å². The monoisotopic (exact) mass is 591 g/mol. The van der Waals surface area contributed by atoms with E-state index in [0.717, 1.165) is 16.5 Å². The van der Waals surface area contributed by atoms with Gasteiger partial charge >= 0.3 is 0 Å². The van der Waals surface area contributed by atoms with E-state index < -0.39 is 0 Å². The van der Waals surface area contributed by atoms with E-state index in [9.17, 15) is 4.79 Å². The topological polar surface area (TPSA) is 56.5 Å². The molecule has 5 nitrogen and oxygen atoms in total. The molecule has 0 radical (unpaired) electrons. The predicted molar refractivity (Wildman–Crippen MR) is 148 cm³/mol. The van der Waals surface area contributed by atoms with Crippen molar-refractivity contribution in [2.75, 3.05) is 0 Å². The van der Waals surface area contributed by atoms with Crippen LogP contribution in [0.1, 0.15) is 43.1 Å². The second kappa shape index (κ2) is 11.1. The molecule has 4 aromatic rings. The van der Waals surface area contributed by atoms with E-state index in [4.69, 9.17) is 44.5 Å². The van der Waals surface area contributed by atoms with Gasteiger partial charge in [-0.15, -0.1) is 0 Å². The highest BCUT2D eigenvalue weighted by molar-refractivity contribution is 9.10. The Labute approximate surface area is 226 Å². The molecule has 0 aliphatic heterocycles. The number of fused-ring (bicyclic) bond motifs is 1. The molecule has 0 aliphatic carbocycles. The Kier molecular flexibility index (Phi) is 8.17. The Bertz CT molecular complexity index is 1490. The summed E-state index contributed by atoms with van der Waals surface area (Å²) in [6, 6.07) is 16.0. The molecule has 9 heteroatoms. The number of hydrogen-bond donors (Lipinski definition) is 0. The highest BCUT2D eigenvalue weighted by Gasteiger charge is 2.16. The van der Waals surface area contributed by atoms with Gasteiger partial charge in [0.1, 0.15) is 18.2 Å². The molecule has 35 heavy (non-hydrogen) atoms. The largest absolute Gasteiger partial charge is 0.488 e. The molecule has 0 saturated heterocycles. The summed E-state index contributed by atoms with van der Waals surface area (Å²) in [5.74, 6) is 1.17. The number of hydrogen-bond acceptors (Lipinski definition) is 4. The fraction of sp³-hybridized carbons (Fsp3) is 0.192. The van der Waals surface area contributed by atoms with Gasteiger partial charge in [-0.25, -0.2) is 4.98 Å². The lowest BCUT2D eigenvalue weighted by Gasteiger charge is -2.14. The van der Waals surface area contributed by atoms with Crippen molar-refractivity contribution in [3.8, 4) is 5.75 Å². The lowest BCUT2D eigenvalue weighted by molar-refractivity contribution is 0.306. The maximum atomic E-state index is 13.4. The maximum Gasteiger partial charge on any atom is 0.282 e. The van der Waals surface area contributed by atoms with Crippen molar-refractivity contribution in [2.45, 2.75) is 32.8 Å². The van der Waals surface area contributed by atoms with Crippen molar-refractivity contribution >= 4 is 67.9 Å². The van der Waals surface area contributed by atoms with Gasteiger partial charge in [0.15, 0.2) is 0 Å². The van der Waals surface area contributed by atoms with Crippen molar-refractivity contribution < 1.29 is 4.74 Å². The molecule has 0 N–H and O–H groups in total. The summed E-state index contributed by atoms with van der Waals surface area (Å²) in [7, 11) is 0. The highest BCUT2D eigenvalue weighted by atomic mass is 79.9. The summed E-state index contributed by atoms with van der Waals surface area (Å²) in [5, 5.41) is 6.46. The van der Waals surface area contributed by atoms with Gasteiger partial charge in [-0.1, -0.05) is 70.6 Å². The van der Waals surface area contributed by atoms with E-state index in [2.05, 4.69) is 21.0 Å². The van der Waals surface area contributed by atoms with Crippen LogP contribution in [0.25, 0.3) is 10.9 Å². The van der Waals surface area contributed by atoms with Gasteiger partial charge in [0.05, 0.1) is 27.2 Å². The quantitative estimate of drug-likeness (QED) is 0.204. The molecule has 0 fully saturated rings. The SMILES string of the molecule is CC[C@@H](C)c1nc2ccc(Br)cc2c(=O)n1N=Cc1cc(Cl)ccc1OCc1ccc(Cl)c(Cl)c1. The van der Waals surface area contributed by atoms with Crippen LogP contribution < -0.4 is 10.3 Å². The Balaban J connectivity index is 1.73. The number of ether oxygens (including phenoxy) is 1. The van der Waals surface area contributed by atoms with Crippen LogP contribution >= 0.6 is 50.7 Å².